The average molecular weight is 456 g/mol. The van der Waals surface area contributed by atoms with E-state index in [0.717, 1.165) is 47.3 Å². The van der Waals surface area contributed by atoms with Crippen LogP contribution in [0.1, 0.15) is 33.7 Å². The number of nitrogens with zero attached hydrogens (tertiary/aromatic N) is 6. The molecule has 1 aliphatic heterocycles. The largest absolute Gasteiger partial charge is 0.354 e. The van der Waals surface area contributed by atoms with Crippen molar-refractivity contribution in [1.82, 2.24) is 35.3 Å². The molecule has 3 N–H and O–H groups in total. The van der Waals surface area contributed by atoms with Gasteiger partial charge in [-0.3, -0.25) is 9.48 Å². The van der Waals surface area contributed by atoms with Gasteiger partial charge in [0.05, 0.1) is 5.69 Å². The lowest BCUT2D eigenvalue weighted by molar-refractivity contribution is 0.0958. The number of hydrogen-bond acceptors (Lipinski definition) is 8. The summed E-state index contributed by atoms with van der Waals surface area (Å²) in [5.41, 5.74) is 5.64. The maximum atomic E-state index is 12.5. The molecule has 4 heterocycles. The lowest BCUT2D eigenvalue weighted by Gasteiger charge is -2.18. The van der Waals surface area contributed by atoms with Crippen LogP contribution in [0, 0.1) is 6.92 Å². The van der Waals surface area contributed by atoms with Crippen LogP contribution in [0.25, 0.3) is 11.4 Å². The molecule has 0 atom stereocenters. The normalized spacial score (nSPS) is 12.8. The fourth-order valence-electron chi connectivity index (χ4n) is 4.02. The van der Waals surface area contributed by atoms with Gasteiger partial charge in [0.2, 0.25) is 0 Å². The molecule has 10 nitrogen and oxygen atoms in total. The molecule has 1 aliphatic rings. The topological polar surface area (TPSA) is 123 Å². The van der Waals surface area contributed by atoms with Gasteiger partial charge in [-0.15, -0.1) is 10.2 Å². The van der Waals surface area contributed by atoms with Crippen LogP contribution in [0.3, 0.4) is 0 Å². The minimum atomic E-state index is -0.330. The summed E-state index contributed by atoms with van der Waals surface area (Å²) >= 11 is 0. The zero-order valence-electron chi connectivity index (χ0n) is 19.3. The van der Waals surface area contributed by atoms with Gasteiger partial charge in [0.25, 0.3) is 5.91 Å². The van der Waals surface area contributed by atoms with E-state index >= 15 is 0 Å². The van der Waals surface area contributed by atoms with Crippen LogP contribution in [-0.4, -0.2) is 42.9 Å². The highest BCUT2D eigenvalue weighted by molar-refractivity contribution is 5.98. The smallest absolute Gasteiger partial charge is 0.273 e. The number of pyridine rings is 1. The van der Waals surface area contributed by atoms with E-state index in [1.807, 2.05) is 32.2 Å². The van der Waals surface area contributed by atoms with Crippen LogP contribution in [0.4, 0.5) is 23.0 Å². The van der Waals surface area contributed by atoms with Crippen molar-refractivity contribution in [2.75, 3.05) is 17.7 Å². The molecule has 0 radical (unpaired) electrons. The minimum Gasteiger partial charge on any atom is -0.354 e. The van der Waals surface area contributed by atoms with Crippen LogP contribution in [-0.2, 0) is 19.9 Å². The summed E-state index contributed by atoms with van der Waals surface area (Å²) in [6.45, 7) is 2.02. The molecule has 0 spiro atoms. The van der Waals surface area contributed by atoms with Gasteiger partial charge in [0.15, 0.2) is 17.3 Å². The molecule has 6 bridgehead atoms. The lowest BCUT2D eigenvalue weighted by atomic mass is 9.98. The molecular formula is C24H25N9O. The van der Waals surface area contributed by atoms with Crippen LogP contribution < -0.4 is 16.0 Å². The average Bonchev–Trinajstić information content (AvgIpc) is 3.26. The van der Waals surface area contributed by atoms with E-state index in [0.29, 0.717) is 23.1 Å². The first-order valence-electron chi connectivity index (χ1n) is 11.1. The number of aryl methyl sites for hydroxylation is 3. The molecule has 1 aromatic carbocycles. The van der Waals surface area contributed by atoms with Crippen molar-refractivity contribution < 1.29 is 4.79 Å². The SMILES string of the molecule is CNC(=O)c1nnc2cc1Nc1cc(cc(-c3ncn(C)n3)c1C)CCCc1cccc(n1)N2. The predicted molar refractivity (Wildman–Crippen MR) is 129 cm³/mol. The van der Waals surface area contributed by atoms with Crippen molar-refractivity contribution in [3.8, 4) is 11.4 Å². The maximum absolute atomic E-state index is 12.5. The van der Waals surface area contributed by atoms with Gasteiger partial charge >= 0.3 is 0 Å². The summed E-state index contributed by atoms with van der Waals surface area (Å²) in [5.74, 6) is 1.49. The van der Waals surface area contributed by atoms with E-state index in [-0.39, 0.29) is 11.6 Å². The Morgan fingerprint density at radius 3 is 2.74 bits per heavy atom. The Bertz CT molecular complexity index is 1380. The summed E-state index contributed by atoms with van der Waals surface area (Å²) < 4.78 is 1.69. The number of amides is 1. The minimum absolute atomic E-state index is 0.198. The van der Waals surface area contributed by atoms with E-state index in [4.69, 9.17) is 4.98 Å². The fourth-order valence-corrected chi connectivity index (χ4v) is 4.02. The summed E-state index contributed by atoms with van der Waals surface area (Å²) in [7, 11) is 3.42. The van der Waals surface area contributed by atoms with Crippen molar-refractivity contribution in [3.63, 3.8) is 0 Å². The first kappa shape index (κ1) is 21.5. The first-order valence-corrected chi connectivity index (χ1v) is 11.1. The van der Waals surface area contributed by atoms with E-state index in [1.54, 1.807) is 24.1 Å². The summed E-state index contributed by atoms with van der Waals surface area (Å²) in [4.78, 5) is 21.7. The maximum Gasteiger partial charge on any atom is 0.273 e. The van der Waals surface area contributed by atoms with Gasteiger partial charge in [-0.1, -0.05) is 6.07 Å². The highest BCUT2D eigenvalue weighted by atomic mass is 16.1. The first-order chi connectivity index (χ1) is 16.5. The molecule has 0 unspecified atom stereocenters. The van der Waals surface area contributed by atoms with Gasteiger partial charge < -0.3 is 16.0 Å². The van der Waals surface area contributed by atoms with E-state index < -0.39 is 0 Å². The Balaban J connectivity index is 1.67. The third-order valence-corrected chi connectivity index (χ3v) is 5.77. The molecule has 1 amide bonds. The Labute approximate surface area is 196 Å². The summed E-state index contributed by atoms with van der Waals surface area (Å²) in [6, 6.07) is 11.9. The van der Waals surface area contributed by atoms with Crippen LogP contribution in [0.15, 0.2) is 42.7 Å². The molecule has 3 aromatic heterocycles. The number of anilines is 4. The molecule has 10 heteroatoms. The zero-order chi connectivity index (χ0) is 23.7. The third kappa shape index (κ3) is 4.29. The number of nitrogens with one attached hydrogen (secondary N) is 3. The molecule has 4 aromatic rings. The molecule has 0 fully saturated rings. The van der Waals surface area contributed by atoms with Gasteiger partial charge in [0, 0.05) is 37.1 Å². The van der Waals surface area contributed by atoms with Crippen molar-refractivity contribution >= 4 is 28.9 Å². The molecule has 0 aliphatic carbocycles. The van der Waals surface area contributed by atoms with Gasteiger partial charge in [-0.25, -0.2) is 9.97 Å². The van der Waals surface area contributed by atoms with Gasteiger partial charge in [-0.05, 0) is 61.6 Å². The van der Waals surface area contributed by atoms with Crippen molar-refractivity contribution in [2.45, 2.75) is 26.2 Å². The zero-order valence-corrected chi connectivity index (χ0v) is 19.3. The molecule has 5 rings (SSSR count). The van der Waals surface area contributed by atoms with E-state index in [9.17, 15) is 4.79 Å². The number of carbonyl (C=O) groups excluding carboxylic acids is 1. The van der Waals surface area contributed by atoms with Crippen molar-refractivity contribution in [3.05, 3.63) is 65.2 Å². The van der Waals surface area contributed by atoms with Crippen LogP contribution >= 0.6 is 0 Å². The van der Waals surface area contributed by atoms with Crippen molar-refractivity contribution in [1.29, 1.82) is 0 Å². The van der Waals surface area contributed by atoms with Crippen LogP contribution in [0.2, 0.25) is 0 Å². The highest BCUT2D eigenvalue weighted by Gasteiger charge is 2.18. The Hall–Kier alpha value is -4.34. The predicted octanol–water partition coefficient (Wildman–Crippen LogP) is 3.31. The molecule has 172 valence electrons. The van der Waals surface area contributed by atoms with E-state index in [2.05, 4.69) is 48.4 Å². The number of hydrogen-bond donors (Lipinski definition) is 3. The summed E-state index contributed by atoms with van der Waals surface area (Å²) in [5, 5.41) is 22.2. The monoisotopic (exact) mass is 455 g/mol. The fraction of sp³-hybridized carbons (Fsp3) is 0.250. The Morgan fingerprint density at radius 1 is 1.06 bits per heavy atom. The second-order valence-corrected chi connectivity index (χ2v) is 8.25. The second kappa shape index (κ2) is 8.89. The van der Waals surface area contributed by atoms with Crippen molar-refractivity contribution in [2.24, 2.45) is 7.05 Å². The highest BCUT2D eigenvalue weighted by Crippen LogP contribution is 2.33. The second-order valence-electron chi connectivity index (χ2n) is 8.25. The number of aromatic nitrogens is 6. The lowest BCUT2D eigenvalue weighted by Crippen LogP contribution is -2.21. The molecule has 0 saturated heterocycles. The Morgan fingerprint density at radius 2 is 1.94 bits per heavy atom. The van der Waals surface area contributed by atoms with Gasteiger partial charge in [0.1, 0.15) is 12.1 Å². The number of fused-ring (bicyclic) bond motifs is 6. The number of benzene rings is 1. The Kier molecular flexibility index (Phi) is 5.62. The molecular weight excluding hydrogens is 430 g/mol. The number of rotatable bonds is 2. The number of carbonyl (C=O) groups is 1. The van der Waals surface area contributed by atoms with Gasteiger partial charge in [-0.2, -0.15) is 5.10 Å². The molecule has 0 saturated carbocycles. The molecule has 34 heavy (non-hydrogen) atoms. The third-order valence-electron chi connectivity index (χ3n) is 5.77. The quantitative estimate of drug-likeness (QED) is 0.421. The van der Waals surface area contributed by atoms with Crippen LogP contribution in [0.5, 0.6) is 0 Å². The van der Waals surface area contributed by atoms with E-state index in [1.165, 1.54) is 0 Å². The summed E-state index contributed by atoms with van der Waals surface area (Å²) in [6.07, 6.45) is 4.32. The standard InChI is InChI=1S/C24H25N9O/c1-14-17(23-26-13-33(3)32-23)10-15-6-4-7-16-8-5-9-20(27-16)29-21-12-19(28-18(14)11-15)22(31-30-21)24(34)25-2/h5,8-13,28H,4,6-7H2,1-3H3,(H,25,34)(H,27,29,30).